The topological polar surface area (TPSA) is 58.0 Å². The molecule has 1 aliphatic heterocycles. The lowest BCUT2D eigenvalue weighted by Gasteiger charge is -2.14. The van der Waals surface area contributed by atoms with Crippen LogP contribution >= 0.6 is 0 Å². The summed E-state index contributed by atoms with van der Waals surface area (Å²) in [7, 11) is 0. The van der Waals surface area contributed by atoms with Crippen molar-refractivity contribution in [1.29, 1.82) is 0 Å². The van der Waals surface area contributed by atoms with Gasteiger partial charge in [-0.15, -0.1) is 0 Å². The molecule has 2 heterocycles. The van der Waals surface area contributed by atoms with E-state index in [1.165, 1.54) is 0 Å². The van der Waals surface area contributed by atoms with Crippen molar-refractivity contribution in [3.8, 4) is 6.01 Å². The number of nitrogens with zero attached hydrogens (tertiary/aromatic N) is 2. The normalized spacial score (nSPS) is 16.0. The quantitative estimate of drug-likeness (QED) is 0.540. The molecule has 58 valence electrons. The number of aromatic nitrogens is 2. The van der Waals surface area contributed by atoms with Crippen LogP contribution in [0.1, 0.15) is 11.3 Å². The van der Waals surface area contributed by atoms with Crippen LogP contribution in [0.5, 0.6) is 6.01 Å². The average Bonchev–Trinajstić information content (AvgIpc) is 2.04. The molecule has 0 radical (unpaired) electrons. The summed E-state index contributed by atoms with van der Waals surface area (Å²) in [5.41, 5.74) is 2.06. The highest BCUT2D eigenvalue weighted by Gasteiger charge is 2.10. The molecule has 0 aromatic carbocycles. The third kappa shape index (κ3) is 1.17. The summed E-state index contributed by atoms with van der Waals surface area (Å²) in [5.74, 6) is 0. The van der Waals surface area contributed by atoms with Crippen molar-refractivity contribution in [2.75, 3.05) is 6.54 Å². The summed E-state index contributed by atoms with van der Waals surface area (Å²) in [6, 6.07) is -0.120. The molecular weight excluding hydrogens is 142 g/mol. The third-order valence-corrected chi connectivity index (χ3v) is 1.80. The van der Waals surface area contributed by atoms with Crippen LogP contribution in [0.2, 0.25) is 0 Å². The Kier molecular flexibility index (Phi) is 1.47. The van der Waals surface area contributed by atoms with Gasteiger partial charge in [-0.05, 0) is 0 Å². The lowest BCUT2D eigenvalue weighted by Crippen LogP contribution is -2.24. The Morgan fingerprint density at radius 1 is 1.55 bits per heavy atom. The Morgan fingerprint density at radius 3 is 3.36 bits per heavy atom. The first-order valence-corrected chi connectivity index (χ1v) is 3.61. The highest BCUT2D eigenvalue weighted by molar-refractivity contribution is 5.21. The van der Waals surface area contributed by atoms with Crippen LogP contribution in [0.3, 0.4) is 0 Å². The molecule has 2 rings (SSSR count). The largest absolute Gasteiger partial charge is 0.479 e. The lowest BCUT2D eigenvalue weighted by molar-refractivity contribution is 0.424. The van der Waals surface area contributed by atoms with Crippen molar-refractivity contribution in [2.24, 2.45) is 0 Å². The average molecular weight is 151 g/mol. The summed E-state index contributed by atoms with van der Waals surface area (Å²) in [5, 5.41) is 12.1. The van der Waals surface area contributed by atoms with E-state index in [1.807, 2.05) is 0 Å². The molecule has 1 aliphatic rings. The van der Waals surface area contributed by atoms with E-state index in [9.17, 15) is 0 Å². The van der Waals surface area contributed by atoms with E-state index in [1.54, 1.807) is 6.20 Å². The first-order chi connectivity index (χ1) is 5.36. The second kappa shape index (κ2) is 2.47. The Hall–Kier alpha value is -1.16. The summed E-state index contributed by atoms with van der Waals surface area (Å²) in [6.07, 6.45) is 2.55. The Labute approximate surface area is 64.3 Å². The van der Waals surface area contributed by atoms with E-state index in [2.05, 4.69) is 15.3 Å². The molecule has 11 heavy (non-hydrogen) atoms. The zero-order valence-corrected chi connectivity index (χ0v) is 6.04. The smallest absolute Gasteiger partial charge is 0.314 e. The minimum atomic E-state index is -0.120. The van der Waals surface area contributed by atoms with Gasteiger partial charge in [0.25, 0.3) is 0 Å². The molecule has 0 unspecified atom stereocenters. The van der Waals surface area contributed by atoms with Crippen molar-refractivity contribution < 1.29 is 5.11 Å². The van der Waals surface area contributed by atoms with E-state index < -0.39 is 0 Å². The van der Waals surface area contributed by atoms with Gasteiger partial charge in [-0.2, -0.15) is 0 Å². The molecule has 0 fully saturated rings. The second-order valence-corrected chi connectivity index (χ2v) is 2.57. The van der Waals surface area contributed by atoms with Crippen LogP contribution < -0.4 is 5.32 Å². The standard InChI is InChI=1S/C7H9N3O/c11-7-9-4-5-3-8-2-1-6(5)10-7/h4,8H,1-3H2,(H,9,10,11). The summed E-state index contributed by atoms with van der Waals surface area (Å²) in [6.45, 7) is 1.75. The second-order valence-electron chi connectivity index (χ2n) is 2.57. The first-order valence-electron chi connectivity index (χ1n) is 3.61. The number of rotatable bonds is 0. The van der Waals surface area contributed by atoms with Crippen molar-refractivity contribution in [1.82, 2.24) is 15.3 Å². The zero-order chi connectivity index (χ0) is 7.68. The number of hydrogen-bond acceptors (Lipinski definition) is 4. The van der Waals surface area contributed by atoms with Gasteiger partial charge in [-0.3, -0.25) is 0 Å². The highest BCUT2D eigenvalue weighted by atomic mass is 16.3. The van der Waals surface area contributed by atoms with Gasteiger partial charge >= 0.3 is 6.01 Å². The molecular formula is C7H9N3O. The number of aromatic hydroxyl groups is 1. The van der Waals surface area contributed by atoms with E-state index in [4.69, 9.17) is 5.11 Å². The maximum absolute atomic E-state index is 8.95. The predicted molar refractivity (Wildman–Crippen MR) is 39.1 cm³/mol. The van der Waals surface area contributed by atoms with Crippen molar-refractivity contribution in [3.63, 3.8) is 0 Å². The molecule has 2 N–H and O–H groups in total. The first kappa shape index (κ1) is 6.54. The predicted octanol–water partition coefficient (Wildman–Crippen LogP) is -0.172. The minimum absolute atomic E-state index is 0.120. The van der Waals surface area contributed by atoms with Gasteiger partial charge < -0.3 is 10.4 Å². The van der Waals surface area contributed by atoms with Crippen LogP contribution in [0.4, 0.5) is 0 Å². The Morgan fingerprint density at radius 2 is 2.45 bits per heavy atom. The Balaban J connectivity index is 2.43. The van der Waals surface area contributed by atoms with E-state index in [-0.39, 0.29) is 6.01 Å². The molecule has 4 heteroatoms. The van der Waals surface area contributed by atoms with Crippen LogP contribution in [0.25, 0.3) is 0 Å². The van der Waals surface area contributed by atoms with Gasteiger partial charge in [0, 0.05) is 31.3 Å². The van der Waals surface area contributed by atoms with Gasteiger partial charge in [0.05, 0.1) is 5.69 Å². The SMILES string of the molecule is Oc1ncc2c(n1)CCNC2. The summed E-state index contributed by atoms with van der Waals surface area (Å²) >= 11 is 0. The van der Waals surface area contributed by atoms with Crippen LogP contribution in [0.15, 0.2) is 6.20 Å². The highest BCUT2D eigenvalue weighted by Crippen LogP contribution is 2.11. The molecule has 0 saturated carbocycles. The lowest BCUT2D eigenvalue weighted by atomic mass is 10.1. The van der Waals surface area contributed by atoms with Crippen LogP contribution in [0, 0.1) is 0 Å². The zero-order valence-electron chi connectivity index (χ0n) is 6.04. The molecule has 1 aromatic heterocycles. The Bertz CT molecular complexity index is 274. The van der Waals surface area contributed by atoms with Gasteiger partial charge in [0.2, 0.25) is 0 Å². The molecule has 0 bridgehead atoms. The third-order valence-electron chi connectivity index (χ3n) is 1.80. The molecule has 0 amide bonds. The fourth-order valence-electron chi connectivity index (χ4n) is 1.23. The minimum Gasteiger partial charge on any atom is -0.479 e. The van der Waals surface area contributed by atoms with Crippen molar-refractivity contribution >= 4 is 0 Å². The maximum atomic E-state index is 8.95. The van der Waals surface area contributed by atoms with Gasteiger partial charge in [0.15, 0.2) is 0 Å². The molecule has 0 atom stereocenters. The van der Waals surface area contributed by atoms with E-state index in [0.717, 1.165) is 30.8 Å². The van der Waals surface area contributed by atoms with E-state index in [0.29, 0.717) is 0 Å². The van der Waals surface area contributed by atoms with Crippen LogP contribution in [-0.2, 0) is 13.0 Å². The maximum Gasteiger partial charge on any atom is 0.314 e. The number of nitrogens with one attached hydrogen (secondary N) is 1. The molecule has 0 spiro atoms. The monoisotopic (exact) mass is 151 g/mol. The van der Waals surface area contributed by atoms with Gasteiger partial charge in [-0.25, -0.2) is 9.97 Å². The van der Waals surface area contributed by atoms with Crippen LogP contribution in [-0.4, -0.2) is 21.6 Å². The fourth-order valence-corrected chi connectivity index (χ4v) is 1.23. The summed E-state index contributed by atoms with van der Waals surface area (Å²) in [4.78, 5) is 7.62. The molecule has 1 aromatic rings. The molecule has 0 saturated heterocycles. The van der Waals surface area contributed by atoms with Crippen molar-refractivity contribution in [3.05, 3.63) is 17.5 Å². The molecule has 4 nitrogen and oxygen atoms in total. The van der Waals surface area contributed by atoms with E-state index >= 15 is 0 Å². The van der Waals surface area contributed by atoms with Gasteiger partial charge in [0.1, 0.15) is 0 Å². The number of hydrogen-bond donors (Lipinski definition) is 2. The number of fused-ring (bicyclic) bond motifs is 1. The van der Waals surface area contributed by atoms with Crippen molar-refractivity contribution in [2.45, 2.75) is 13.0 Å². The molecule has 0 aliphatic carbocycles. The summed E-state index contributed by atoms with van der Waals surface area (Å²) < 4.78 is 0. The fraction of sp³-hybridized carbons (Fsp3) is 0.429. The van der Waals surface area contributed by atoms with Gasteiger partial charge in [-0.1, -0.05) is 0 Å².